The van der Waals surface area contributed by atoms with E-state index in [1.807, 2.05) is 36.4 Å². The van der Waals surface area contributed by atoms with E-state index < -0.39 is 17.7 Å². The Balaban J connectivity index is 0.000000447. The van der Waals surface area contributed by atoms with Crippen molar-refractivity contribution in [3.63, 3.8) is 0 Å². The Labute approximate surface area is 152 Å². The van der Waals surface area contributed by atoms with Crippen LogP contribution in [-0.4, -0.2) is 18.9 Å². The van der Waals surface area contributed by atoms with E-state index >= 15 is 0 Å². The minimum atomic E-state index is -1.01. The summed E-state index contributed by atoms with van der Waals surface area (Å²) in [5.74, 6) is -0.164. The number of carbonyl (C=O) groups excluding carboxylic acids is 2. The first kappa shape index (κ1) is 17.9. The minimum Gasteiger partial charge on any atom is -0.456 e. The molecule has 6 nitrogen and oxygen atoms in total. The lowest BCUT2D eigenvalue weighted by Crippen LogP contribution is -2.35. The number of urea groups is 1. The summed E-state index contributed by atoms with van der Waals surface area (Å²) in [6.45, 7) is 4.29. The molecule has 0 bridgehead atoms. The highest BCUT2D eigenvalue weighted by Crippen LogP contribution is 2.57. The van der Waals surface area contributed by atoms with Crippen LogP contribution in [0.25, 0.3) is 0 Å². The van der Waals surface area contributed by atoms with Gasteiger partial charge in [-0.1, -0.05) is 50.2 Å². The Bertz CT molecular complexity index is 874. The number of methoxy groups -OCH3 is 1. The standard InChI is InChI=1S/C19H18O3.CH4N2O/c1-11(2)12-8-9-14-16(10-12)22-19(21-3)15-7-5-4-6-13(15)18(20)17(14)19;2-1(3)4/h4-11,17H,1-3H3;(H4,2,3,4)/t17-,19+;/m0./s1. The van der Waals surface area contributed by atoms with Gasteiger partial charge in [0.2, 0.25) is 0 Å². The number of fused-ring (bicyclic) bond motifs is 5. The van der Waals surface area contributed by atoms with Crippen LogP contribution in [0.5, 0.6) is 5.75 Å². The fourth-order valence-electron chi connectivity index (χ4n) is 3.62. The van der Waals surface area contributed by atoms with Crippen molar-refractivity contribution in [1.82, 2.24) is 0 Å². The largest absolute Gasteiger partial charge is 0.456 e. The van der Waals surface area contributed by atoms with E-state index in [4.69, 9.17) is 14.3 Å². The van der Waals surface area contributed by atoms with Gasteiger partial charge in [-0.15, -0.1) is 0 Å². The molecule has 2 amide bonds. The second-order valence-electron chi connectivity index (χ2n) is 6.67. The zero-order chi connectivity index (χ0) is 19.1. The summed E-state index contributed by atoms with van der Waals surface area (Å²) in [7, 11) is 1.61. The van der Waals surface area contributed by atoms with Gasteiger partial charge in [-0.25, -0.2) is 4.79 Å². The number of ether oxygens (including phenoxy) is 2. The molecule has 1 aliphatic carbocycles. The minimum absolute atomic E-state index is 0.0773. The first-order valence-corrected chi connectivity index (χ1v) is 8.38. The SMILES string of the molecule is CO[C@]12Oc3cc(C(C)C)ccc3[C@H]1C(=O)c1ccccc12.NC(N)=O. The Morgan fingerprint density at radius 1 is 1.19 bits per heavy atom. The van der Waals surface area contributed by atoms with Crippen LogP contribution in [0, 0.1) is 0 Å². The molecule has 6 heteroatoms. The molecule has 0 spiro atoms. The van der Waals surface area contributed by atoms with Crippen molar-refractivity contribution >= 4 is 11.8 Å². The summed E-state index contributed by atoms with van der Waals surface area (Å²) < 4.78 is 12.0. The Morgan fingerprint density at radius 2 is 1.85 bits per heavy atom. The average molecular weight is 354 g/mol. The van der Waals surface area contributed by atoms with Gasteiger partial charge in [0.15, 0.2) is 5.78 Å². The zero-order valence-electron chi connectivity index (χ0n) is 15.0. The van der Waals surface area contributed by atoms with E-state index in [9.17, 15) is 4.79 Å². The molecule has 136 valence electrons. The van der Waals surface area contributed by atoms with E-state index in [0.29, 0.717) is 11.5 Å². The molecule has 4 rings (SSSR count). The first-order chi connectivity index (χ1) is 12.3. The lowest BCUT2D eigenvalue weighted by Gasteiger charge is -2.27. The normalized spacial score (nSPS) is 22.0. The molecule has 1 heterocycles. The van der Waals surface area contributed by atoms with Crippen molar-refractivity contribution in [2.24, 2.45) is 11.5 Å². The summed E-state index contributed by atoms with van der Waals surface area (Å²) in [5.41, 5.74) is 12.2. The second-order valence-corrected chi connectivity index (χ2v) is 6.67. The van der Waals surface area contributed by atoms with Gasteiger partial charge in [0, 0.05) is 23.8 Å². The molecule has 2 aliphatic rings. The highest BCUT2D eigenvalue weighted by Gasteiger charge is 2.60. The van der Waals surface area contributed by atoms with Crippen LogP contribution in [0.4, 0.5) is 4.79 Å². The lowest BCUT2D eigenvalue weighted by molar-refractivity contribution is -0.162. The molecule has 0 saturated carbocycles. The van der Waals surface area contributed by atoms with Crippen molar-refractivity contribution in [2.75, 3.05) is 7.11 Å². The number of ketones is 1. The summed E-state index contributed by atoms with van der Waals surface area (Å²) in [6.07, 6.45) is 0. The van der Waals surface area contributed by atoms with Crippen molar-refractivity contribution in [1.29, 1.82) is 0 Å². The third-order valence-corrected chi connectivity index (χ3v) is 4.79. The van der Waals surface area contributed by atoms with E-state index in [1.54, 1.807) is 7.11 Å². The zero-order valence-corrected chi connectivity index (χ0v) is 15.0. The van der Waals surface area contributed by atoms with Gasteiger partial charge in [0.1, 0.15) is 11.7 Å². The quantitative estimate of drug-likeness (QED) is 0.865. The van der Waals surface area contributed by atoms with Crippen molar-refractivity contribution < 1.29 is 19.1 Å². The van der Waals surface area contributed by atoms with Crippen LogP contribution in [0.1, 0.15) is 52.7 Å². The Morgan fingerprint density at radius 3 is 2.46 bits per heavy atom. The van der Waals surface area contributed by atoms with E-state index in [0.717, 1.165) is 16.9 Å². The molecule has 2 aromatic carbocycles. The molecule has 0 unspecified atom stereocenters. The van der Waals surface area contributed by atoms with E-state index in [2.05, 4.69) is 31.4 Å². The smallest absolute Gasteiger partial charge is 0.309 e. The number of amides is 2. The van der Waals surface area contributed by atoms with Crippen LogP contribution in [-0.2, 0) is 10.5 Å². The first-order valence-electron chi connectivity index (χ1n) is 8.38. The Kier molecular flexibility index (Phi) is 4.46. The molecule has 0 radical (unpaired) electrons. The fourth-order valence-corrected chi connectivity index (χ4v) is 3.62. The van der Waals surface area contributed by atoms with Gasteiger partial charge in [0.25, 0.3) is 5.79 Å². The van der Waals surface area contributed by atoms with Gasteiger partial charge in [-0.05, 0) is 17.5 Å². The highest BCUT2D eigenvalue weighted by atomic mass is 16.7. The number of nitrogens with two attached hydrogens (primary N) is 2. The van der Waals surface area contributed by atoms with Crippen LogP contribution < -0.4 is 16.2 Å². The number of hydrogen-bond donors (Lipinski definition) is 2. The van der Waals surface area contributed by atoms with Crippen molar-refractivity contribution in [2.45, 2.75) is 31.5 Å². The van der Waals surface area contributed by atoms with Gasteiger partial charge >= 0.3 is 6.03 Å². The molecule has 2 atom stereocenters. The number of primary amides is 2. The molecule has 4 N–H and O–H groups in total. The molecule has 2 aromatic rings. The topological polar surface area (TPSA) is 105 Å². The number of Topliss-reactive ketones (excluding diaryl/α,β-unsaturated/α-hetero) is 1. The maximum absolute atomic E-state index is 12.9. The van der Waals surface area contributed by atoms with Crippen LogP contribution in [0.3, 0.4) is 0 Å². The Hall–Kier alpha value is -2.86. The molecule has 0 saturated heterocycles. The van der Waals surface area contributed by atoms with E-state index in [1.165, 1.54) is 5.56 Å². The molecule has 1 aliphatic heterocycles. The average Bonchev–Trinajstić information content (AvgIpc) is 3.06. The molecular weight excluding hydrogens is 332 g/mol. The number of carbonyl (C=O) groups is 2. The third kappa shape index (κ3) is 2.63. The molecule has 0 fully saturated rings. The fraction of sp³-hybridized carbons (Fsp3) is 0.300. The third-order valence-electron chi connectivity index (χ3n) is 4.79. The second kappa shape index (κ2) is 6.46. The molecule has 0 aromatic heterocycles. The monoisotopic (exact) mass is 354 g/mol. The molecule has 26 heavy (non-hydrogen) atoms. The molecular formula is C20H22N2O4. The van der Waals surface area contributed by atoms with Crippen LogP contribution >= 0.6 is 0 Å². The summed E-state index contributed by atoms with van der Waals surface area (Å²) in [4.78, 5) is 21.9. The van der Waals surface area contributed by atoms with Crippen LogP contribution in [0.2, 0.25) is 0 Å². The van der Waals surface area contributed by atoms with Crippen molar-refractivity contribution in [3.05, 3.63) is 64.7 Å². The van der Waals surface area contributed by atoms with Gasteiger partial charge in [-0.3, -0.25) is 4.79 Å². The number of hydrogen-bond acceptors (Lipinski definition) is 4. The maximum atomic E-state index is 12.9. The number of rotatable bonds is 2. The predicted molar refractivity (Wildman–Crippen MR) is 97.1 cm³/mol. The highest BCUT2D eigenvalue weighted by molar-refractivity contribution is 6.07. The predicted octanol–water partition coefficient (Wildman–Crippen LogP) is 3.01. The van der Waals surface area contributed by atoms with Crippen molar-refractivity contribution in [3.8, 4) is 5.75 Å². The number of benzene rings is 2. The summed E-state index contributed by atoms with van der Waals surface area (Å²) in [6, 6.07) is 12.9. The van der Waals surface area contributed by atoms with Gasteiger partial charge in [0.05, 0.1) is 0 Å². The maximum Gasteiger partial charge on any atom is 0.309 e. The van der Waals surface area contributed by atoms with E-state index in [-0.39, 0.29) is 5.78 Å². The van der Waals surface area contributed by atoms with Gasteiger partial charge in [-0.2, -0.15) is 0 Å². The lowest BCUT2D eigenvalue weighted by atomic mass is 9.91. The summed E-state index contributed by atoms with van der Waals surface area (Å²) >= 11 is 0. The van der Waals surface area contributed by atoms with Crippen LogP contribution in [0.15, 0.2) is 42.5 Å². The van der Waals surface area contributed by atoms with Gasteiger partial charge < -0.3 is 20.9 Å². The summed E-state index contributed by atoms with van der Waals surface area (Å²) in [5, 5.41) is 0.